The van der Waals surface area contributed by atoms with Gasteiger partial charge in [0.2, 0.25) is 0 Å². The summed E-state index contributed by atoms with van der Waals surface area (Å²) < 4.78 is 29.2. The molecule has 1 aliphatic heterocycles. The Hall–Kier alpha value is -1.89. The van der Waals surface area contributed by atoms with Crippen LogP contribution in [0.15, 0.2) is 22.7 Å². The van der Waals surface area contributed by atoms with Gasteiger partial charge in [0, 0.05) is 24.1 Å². The summed E-state index contributed by atoms with van der Waals surface area (Å²) in [5.41, 5.74) is 3.14. The lowest BCUT2D eigenvalue weighted by Crippen LogP contribution is -2.33. The Morgan fingerprint density at radius 3 is 2.78 bits per heavy atom. The number of hydrogen-bond acceptors (Lipinski definition) is 6. The molecule has 1 N–H and O–H groups in total. The van der Waals surface area contributed by atoms with Gasteiger partial charge in [0.15, 0.2) is 15.7 Å². The number of aromatic nitrogens is 2. The molecule has 0 saturated heterocycles. The Labute approximate surface area is 135 Å². The second kappa shape index (κ2) is 5.06. The first-order valence-electron chi connectivity index (χ1n) is 7.91. The Morgan fingerprint density at radius 2 is 2.04 bits per heavy atom. The van der Waals surface area contributed by atoms with Crippen LogP contribution in [0, 0.1) is 0 Å². The molecule has 7 heteroatoms. The van der Waals surface area contributed by atoms with E-state index in [-0.39, 0.29) is 0 Å². The summed E-state index contributed by atoms with van der Waals surface area (Å²) in [7, 11) is -3.29. The molecule has 122 valence electrons. The third-order valence-electron chi connectivity index (χ3n) is 5.05. The van der Waals surface area contributed by atoms with Crippen molar-refractivity contribution in [2.75, 3.05) is 18.1 Å². The first-order valence-corrected chi connectivity index (χ1v) is 9.80. The molecular weight excluding hydrogens is 314 g/mol. The van der Waals surface area contributed by atoms with Crippen LogP contribution < -0.4 is 5.32 Å². The van der Waals surface area contributed by atoms with Gasteiger partial charge in [-0.15, -0.1) is 0 Å². The van der Waals surface area contributed by atoms with E-state index in [1.54, 1.807) is 0 Å². The summed E-state index contributed by atoms with van der Waals surface area (Å²) in [5, 5.41) is 7.37. The van der Waals surface area contributed by atoms with E-state index in [9.17, 15) is 8.42 Å². The number of benzene rings is 1. The van der Waals surface area contributed by atoms with Crippen LogP contribution in [0.3, 0.4) is 0 Å². The monoisotopic (exact) mass is 333 g/mol. The van der Waals surface area contributed by atoms with Gasteiger partial charge in [-0.25, -0.2) is 8.42 Å². The third kappa shape index (κ3) is 2.17. The van der Waals surface area contributed by atoms with Crippen LogP contribution in [0.1, 0.15) is 37.1 Å². The first kappa shape index (κ1) is 14.7. The standard InChI is InChI=1S/C16H19N3O3S/c1-23(20,21)16(8-2-3-9-16)15-18-14(22-19-15)12-5-4-6-13-11(12)7-10-17-13/h4-6,17H,2-3,7-10H2,1H3. The Balaban J connectivity index is 1.80. The third-order valence-corrected chi connectivity index (χ3v) is 7.06. The molecule has 2 aliphatic rings. The Morgan fingerprint density at radius 1 is 1.26 bits per heavy atom. The van der Waals surface area contributed by atoms with Crippen molar-refractivity contribution in [1.82, 2.24) is 10.1 Å². The summed E-state index contributed by atoms with van der Waals surface area (Å²) in [6.07, 6.45) is 5.07. The molecule has 0 bridgehead atoms. The van der Waals surface area contributed by atoms with Gasteiger partial charge < -0.3 is 9.84 Å². The van der Waals surface area contributed by atoms with Crippen molar-refractivity contribution in [3.8, 4) is 11.5 Å². The lowest BCUT2D eigenvalue weighted by atomic mass is 10.0. The summed E-state index contributed by atoms with van der Waals surface area (Å²) in [4.78, 5) is 4.49. The number of nitrogens with zero attached hydrogens (tertiary/aromatic N) is 2. The van der Waals surface area contributed by atoms with Gasteiger partial charge in [-0.3, -0.25) is 0 Å². The number of anilines is 1. The normalized spacial score (nSPS) is 19.5. The highest BCUT2D eigenvalue weighted by Gasteiger charge is 2.48. The van der Waals surface area contributed by atoms with Crippen LogP contribution in [0.2, 0.25) is 0 Å². The van der Waals surface area contributed by atoms with Gasteiger partial charge in [-0.2, -0.15) is 4.98 Å². The molecule has 23 heavy (non-hydrogen) atoms. The van der Waals surface area contributed by atoms with Crippen molar-refractivity contribution >= 4 is 15.5 Å². The van der Waals surface area contributed by atoms with Gasteiger partial charge in [-0.1, -0.05) is 24.1 Å². The molecule has 4 rings (SSSR count). The summed E-state index contributed by atoms with van der Waals surface area (Å²) in [6, 6.07) is 5.92. The summed E-state index contributed by atoms with van der Waals surface area (Å²) in [5.74, 6) is 0.728. The molecule has 1 aromatic heterocycles. The van der Waals surface area contributed by atoms with Crippen LogP contribution in [-0.2, 0) is 21.0 Å². The molecule has 1 saturated carbocycles. The molecule has 0 spiro atoms. The fourth-order valence-electron chi connectivity index (χ4n) is 3.77. The predicted octanol–water partition coefficient (Wildman–Crippen LogP) is 2.52. The van der Waals surface area contributed by atoms with Gasteiger partial charge in [0.25, 0.3) is 5.89 Å². The Bertz CT molecular complexity index is 851. The molecule has 1 fully saturated rings. The van der Waals surface area contributed by atoms with Gasteiger partial charge >= 0.3 is 0 Å². The van der Waals surface area contributed by atoms with Crippen molar-refractivity contribution in [3.05, 3.63) is 29.6 Å². The molecule has 2 heterocycles. The lowest BCUT2D eigenvalue weighted by Gasteiger charge is -2.22. The van der Waals surface area contributed by atoms with Crippen LogP contribution in [-0.4, -0.2) is 31.4 Å². The maximum atomic E-state index is 12.4. The first-order chi connectivity index (χ1) is 11.0. The van der Waals surface area contributed by atoms with E-state index in [0.29, 0.717) is 24.6 Å². The van der Waals surface area contributed by atoms with Crippen molar-refractivity contribution in [2.45, 2.75) is 36.9 Å². The zero-order valence-corrected chi connectivity index (χ0v) is 13.8. The number of fused-ring (bicyclic) bond motifs is 1. The van der Waals surface area contributed by atoms with Crippen LogP contribution in [0.5, 0.6) is 0 Å². The highest BCUT2D eigenvalue weighted by atomic mass is 32.2. The number of rotatable bonds is 3. The van der Waals surface area contributed by atoms with Crippen molar-refractivity contribution in [1.29, 1.82) is 0 Å². The van der Waals surface area contributed by atoms with E-state index in [4.69, 9.17) is 4.52 Å². The fraction of sp³-hybridized carbons (Fsp3) is 0.500. The molecule has 0 radical (unpaired) electrons. The van der Waals surface area contributed by atoms with Crippen molar-refractivity contribution in [2.24, 2.45) is 0 Å². The lowest BCUT2D eigenvalue weighted by molar-refractivity contribution is 0.405. The molecule has 0 amide bonds. The molecule has 1 aromatic carbocycles. The van der Waals surface area contributed by atoms with Crippen LogP contribution >= 0.6 is 0 Å². The maximum Gasteiger partial charge on any atom is 0.258 e. The van der Waals surface area contributed by atoms with E-state index < -0.39 is 14.6 Å². The minimum absolute atomic E-state index is 0.316. The van der Waals surface area contributed by atoms with E-state index in [0.717, 1.165) is 42.6 Å². The molecule has 6 nitrogen and oxygen atoms in total. The van der Waals surface area contributed by atoms with Gasteiger partial charge in [0.05, 0.1) is 0 Å². The number of sulfone groups is 1. The van der Waals surface area contributed by atoms with Gasteiger partial charge in [0.1, 0.15) is 4.75 Å². The average molecular weight is 333 g/mol. The van der Waals surface area contributed by atoms with E-state index in [2.05, 4.69) is 15.5 Å². The van der Waals surface area contributed by atoms with E-state index >= 15 is 0 Å². The highest BCUT2D eigenvalue weighted by Crippen LogP contribution is 2.44. The highest BCUT2D eigenvalue weighted by molar-refractivity contribution is 7.91. The van der Waals surface area contributed by atoms with Crippen molar-refractivity contribution in [3.63, 3.8) is 0 Å². The van der Waals surface area contributed by atoms with E-state index in [1.807, 2.05) is 18.2 Å². The number of nitrogens with one attached hydrogen (secondary N) is 1. The van der Waals surface area contributed by atoms with Gasteiger partial charge in [-0.05, 0) is 37.0 Å². The molecule has 0 atom stereocenters. The fourth-order valence-corrected chi connectivity index (χ4v) is 5.21. The Kier molecular flexibility index (Phi) is 3.23. The zero-order chi connectivity index (χ0) is 16.1. The topological polar surface area (TPSA) is 85.1 Å². The zero-order valence-electron chi connectivity index (χ0n) is 13.0. The van der Waals surface area contributed by atoms with Crippen LogP contribution in [0.25, 0.3) is 11.5 Å². The predicted molar refractivity (Wildman–Crippen MR) is 86.9 cm³/mol. The quantitative estimate of drug-likeness (QED) is 0.929. The van der Waals surface area contributed by atoms with E-state index in [1.165, 1.54) is 6.26 Å². The molecule has 0 unspecified atom stereocenters. The molecule has 2 aromatic rings. The summed E-state index contributed by atoms with van der Waals surface area (Å²) in [6.45, 7) is 0.890. The largest absolute Gasteiger partial charge is 0.384 e. The molecular formula is C16H19N3O3S. The molecule has 1 aliphatic carbocycles. The number of hydrogen-bond donors (Lipinski definition) is 1. The summed E-state index contributed by atoms with van der Waals surface area (Å²) >= 11 is 0. The second-order valence-corrected chi connectivity index (χ2v) is 8.73. The maximum absolute atomic E-state index is 12.4. The SMILES string of the molecule is CS(=O)(=O)C1(c2noc(-c3cccc4c3CCN4)n2)CCCC1. The minimum atomic E-state index is -3.29. The van der Waals surface area contributed by atoms with Crippen LogP contribution in [0.4, 0.5) is 5.69 Å². The average Bonchev–Trinajstić information content (AvgIpc) is 3.25. The second-order valence-electron chi connectivity index (χ2n) is 6.41. The minimum Gasteiger partial charge on any atom is -0.384 e. The van der Waals surface area contributed by atoms with Crippen molar-refractivity contribution < 1.29 is 12.9 Å². The smallest absolute Gasteiger partial charge is 0.258 e.